The molecule has 46 nitrogen and oxygen atoms in total. The molecule has 8 aromatic rings. The van der Waals surface area contributed by atoms with Gasteiger partial charge in [0.15, 0.2) is 31.0 Å². The molecule has 4 amide bonds. The molecule has 12 rings (SSSR count). The molecular formula is C68H92N16O30P4. The zero-order chi connectivity index (χ0) is 86.4. The molecule has 118 heavy (non-hydrogen) atoms. The van der Waals surface area contributed by atoms with Crippen LogP contribution in [0.1, 0.15) is 127 Å². The van der Waals surface area contributed by atoms with Crippen LogP contribution in [0.3, 0.4) is 0 Å². The first-order valence-electron chi connectivity index (χ1n) is 36.9. The molecule has 2 aromatic carbocycles. The highest BCUT2D eigenvalue weighted by atomic mass is 31.3. The van der Waals surface area contributed by atoms with Gasteiger partial charge in [0, 0.05) is 110 Å². The number of amides is 4. The molecule has 14 atom stereocenters. The summed E-state index contributed by atoms with van der Waals surface area (Å²) in [7, 11) is -19.4. The second-order valence-corrected chi connectivity index (χ2v) is 35.8. The average Bonchev–Trinajstić information content (AvgIpc) is 0.855. The number of aryl methyl sites for hydroxylation is 4. The van der Waals surface area contributed by atoms with Crippen molar-refractivity contribution in [3.63, 3.8) is 0 Å². The smallest absolute Gasteiger partial charge is 0.478 e. The number of nitrogens with one attached hydrogen (secondary N) is 6. The Morgan fingerprint density at radius 3 is 1.41 bits per heavy atom. The molecule has 0 aliphatic carbocycles. The normalized spacial score (nSPS) is 23.4. The van der Waals surface area contributed by atoms with Crippen molar-refractivity contribution in [2.24, 2.45) is 14.1 Å². The molecule has 644 valence electrons. The molecule has 0 bridgehead atoms. The quantitative estimate of drug-likeness (QED) is 0.0136. The number of nitrogen functional groups attached to an aromatic ring is 2. The van der Waals surface area contributed by atoms with E-state index in [-0.39, 0.29) is 108 Å². The van der Waals surface area contributed by atoms with E-state index in [1.807, 2.05) is 26.0 Å². The predicted octanol–water partition coefficient (Wildman–Crippen LogP) is 0.365. The van der Waals surface area contributed by atoms with E-state index < -0.39 is 128 Å². The van der Waals surface area contributed by atoms with Crippen molar-refractivity contribution in [1.29, 1.82) is 0 Å². The minimum atomic E-state index is -5.74. The number of benzene rings is 2. The highest BCUT2D eigenvalue weighted by Crippen LogP contribution is 2.57. The summed E-state index contributed by atoms with van der Waals surface area (Å²) in [5.74, 6) is -0.616. The van der Waals surface area contributed by atoms with Gasteiger partial charge in [-0.25, -0.2) is 46.1 Å². The molecule has 0 saturated carbocycles. The van der Waals surface area contributed by atoms with E-state index >= 15 is 0 Å². The lowest BCUT2D eigenvalue weighted by molar-refractivity contribution is -0.746. The fourth-order valence-corrected chi connectivity index (χ4v) is 18.6. The Kier molecular flexibility index (Phi) is 26.6. The number of aromatic nitrogens is 8. The van der Waals surface area contributed by atoms with Gasteiger partial charge in [0.2, 0.25) is 35.3 Å². The number of imidazole rings is 2. The molecule has 0 spiro atoms. The van der Waals surface area contributed by atoms with Crippen molar-refractivity contribution in [2.45, 2.75) is 166 Å². The number of H-pyrrole nitrogens is 2. The van der Waals surface area contributed by atoms with E-state index in [9.17, 15) is 86.4 Å². The molecule has 2 fully saturated rings. The van der Waals surface area contributed by atoms with Crippen molar-refractivity contribution < 1.29 is 132 Å². The maximum Gasteiger partial charge on any atom is 0.478 e. The molecule has 6 aromatic heterocycles. The summed E-state index contributed by atoms with van der Waals surface area (Å²) in [5.41, 5.74) is 15.6. The van der Waals surface area contributed by atoms with Crippen LogP contribution in [0.4, 0.5) is 32.9 Å². The predicted molar refractivity (Wildman–Crippen MR) is 409 cm³/mol. The van der Waals surface area contributed by atoms with E-state index in [4.69, 9.17) is 49.0 Å². The van der Waals surface area contributed by atoms with Crippen LogP contribution < -0.4 is 83.8 Å². The van der Waals surface area contributed by atoms with Gasteiger partial charge < -0.3 is 110 Å². The Hall–Kier alpha value is -9.40. The van der Waals surface area contributed by atoms with Crippen LogP contribution in [0.5, 0.6) is 0 Å². The van der Waals surface area contributed by atoms with Gasteiger partial charge in [-0.2, -0.15) is 0 Å². The van der Waals surface area contributed by atoms with Crippen LogP contribution in [0.2, 0.25) is 0 Å². The number of ether oxygens (including phenoxy) is 4. The van der Waals surface area contributed by atoms with Crippen LogP contribution >= 0.6 is 31.3 Å². The standard InChI is InChI=1S/2C34H46N8O15P2/c1-17-11-25(44)54-22-13-21-19(12-20(17)22)18(2)14-34(3,4)42(21)10-6-7-24(43)36-8-9-37-33(47)56-28-23(15-53-59(51,52)57-58(48,49)50)55-31(27(28)45)41-16-40(5)26-29(41)38-32(35)39-30(26)46;1-17-11-25(44)54-22-13-21-19(12-20(17)22)18(2)14-34(3,4)42(21)10-6-7-24(43)36-8-9-37-33(47)56-28-27(45)23(15-53-59(51,52)57-58(48,49)50)55-31(28)41-16-40(5)26-29(41)38-32(35)39-30(26)46/h2*11-13,16,18,23,27-28,31,45H,6-10,14-15H2,1-5H3,(H7-,35,36,37,38,39,43,46,47,48,49,50,51,52)/t2*18?,23-,27-,28-,31-/m11/s1. The first kappa shape index (κ1) is 89.4. The number of fused-ring (bicyclic) bond motifs is 6. The van der Waals surface area contributed by atoms with Crippen LogP contribution in [-0.4, -0.2) is 183 Å². The highest BCUT2D eigenvalue weighted by molar-refractivity contribution is 7.60. The van der Waals surface area contributed by atoms with Gasteiger partial charge >= 0.3 is 50.4 Å². The molecule has 16 N–H and O–H groups in total. The van der Waals surface area contributed by atoms with Gasteiger partial charge in [-0.3, -0.25) is 56.5 Å². The zero-order valence-corrected chi connectivity index (χ0v) is 68.9. The maximum atomic E-state index is 13.0. The van der Waals surface area contributed by atoms with Crippen LogP contribution in [0.25, 0.3) is 44.3 Å². The third kappa shape index (κ3) is 20.9. The summed E-state index contributed by atoms with van der Waals surface area (Å²) in [6, 6.07) is 10.9. The van der Waals surface area contributed by atoms with Crippen molar-refractivity contribution in [2.75, 3.05) is 73.7 Å². The Morgan fingerprint density at radius 1 is 0.593 bits per heavy atom. The van der Waals surface area contributed by atoms with E-state index in [1.54, 1.807) is 0 Å². The third-order valence-corrected chi connectivity index (χ3v) is 24.6. The molecular weight excluding hydrogens is 1640 g/mol. The number of phosphoric acid groups is 4. The molecule has 10 heterocycles. The minimum absolute atomic E-state index is 0.00172. The van der Waals surface area contributed by atoms with Crippen LogP contribution in [-0.2, 0) is 78.6 Å². The number of nitrogens with zero attached hydrogens (tertiary/aromatic N) is 8. The number of phosphoric ester groups is 2. The molecule has 6 unspecified atom stereocenters. The number of nitrogens with two attached hydrogens (primary N) is 2. The van der Waals surface area contributed by atoms with Crippen LogP contribution in [0.15, 0.2) is 77.1 Å². The zero-order valence-electron chi connectivity index (χ0n) is 65.3. The van der Waals surface area contributed by atoms with E-state index in [0.717, 1.165) is 57.2 Å². The number of carbonyl (C=O) groups is 4. The van der Waals surface area contributed by atoms with Gasteiger partial charge in [-0.1, -0.05) is 23.8 Å². The first-order valence-corrected chi connectivity index (χ1v) is 42.8. The Morgan fingerprint density at radius 2 is 0.983 bits per heavy atom. The maximum absolute atomic E-state index is 13.0. The van der Waals surface area contributed by atoms with Gasteiger partial charge in [0.05, 0.1) is 27.3 Å². The topological polar surface area (TPSA) is 654 Å². The number of hydrogen-bond donors (Lipinski definition) is 14. The van der Waals surface area contributed by atoms with Gasteiger partial charge in [0.1, 0.15) is 29.5 Å². The van der Waals surface area contributed by atoms with E-state index in [0.29, 0.717) is 37.1 Å². The van der Waals surface area contributed by atoms with Gasteiger partial charge in [-0.05, 0) is 113 Å². The van der Waals surface area contributed by atoms with Crippen molar-refractivity contribution in [1.82, 2.24) is 50.3 Å². The van der Waals surface area contributed by atoms with Crippen molar-refractivity contribution in [3.05, 3.63) is 113 Å². The van der Waals surface area contributed by atoms with E-state index in [1.165, 1.54) is 57.2 Å². The summed E-state index contributed by atoms with van der Waals surface area (Å²) in [6.45, 7) is 15.4. The Bertz CT molecular complexity index is 5640. The molecule has 0 radical (unpaired) electrons. The lowest BCUT2D eigenvalue weighted by Crippen LogP contribution is -2.49. The monoisotopic (exact) mass is 1740 g/mol. The number of anilines is 4. The van der Waals surface area contributed by atoms with Crippen molar-refractivity contribution >= 4 is 123 Å². The number of carbonyl (C=O) groups excluding carboxylic acids is 4. The second-order valence-electron chi connectivity index (χ2n) is 30.2. The summed E-state index contributed by atoms with van der Waals surface area (Å²) in [4.78, 5) is 178. The molecule has 4 aliphatic rings. The van der Waals surface area contributed by atoms with Gasteiger partial charge in [0.25, 0.3) is 38.7 Å². The molecule has 4 aliphatic heterocycles. The summed E-state index contributed by atoms with van der Waals surface area (Å²) in [6.07, 6.45) is -9.41. The summed E-state index contributed by atoms with van der Waals surface area (Å²) in [5, 5.41) is 34.5. The lowest BCUT2D eigenvalue weighted by atomic mass is 9.79. The number of hydrogen-bond acceptors (Lipinski definition) is 32. The largest absolute Gasteiger partial charge is 0.756 e. The third-order valence-electron chi connectivity index (χ3n) is 20.4. The number of rotatable bonds is 28. The minimum Gasteiger partial charge on any atom is -0.756 e. The van der Waals surface area contributed by atoms with E-state index in [2.05, 4.69) is 122 Å². The molecule has 50 heteroatoms. The SMILES string of the molecule is Cc1cc(=O)oc2cc3c(cc12)C(C)CC(C)(C)N3CCCC(=O)NCCNC(=O)O[C@@H]1[C@H](O)[C@@H](COP(=O)(O)OP(=O)([O-])O)O[C@H]1[n+]1cn(C)c2c(=O)[nH]c(N)nc21.Cc1cc(=O)oc2cc3c(cc12)C(C)CC(C)(C)N3CCCC(=O)NCCNC(=O)O[C@H]1[C@@H](O)[C@H]([n+]2cn(C)c3c(=O)[nH]c(N)nc32)O[C@@H]1COP(=O)(O)OP(=O)([O-])O. The first-order chi connectivity index (χ1) is 55.1. The highest BCUT2D eigenvalue weighted by Gasteiger charge is 2.53. The fourth-order valence-electron chi connectivity index (χ4n) is 15.5. The number of aromatic amines is 2. The fraction of sp³-hybridized carbons (Fsp3) is 0.529. The lowest BCUT2D eigenvalue weighted by Gasteiger charge is -2.47. The Labute approximate surface area is 668 Å². The average molecular weight is 1740 g/mol. The van der Waals surface area contributed by atoms with Crippen LogP contribution in [0, 0.1) is 13.8 Å². The van der Waals surface area contributed by atoms with Gasteiger partial charge in [-0.15, -0.1) is 0 Å². The molecule has 2 saturated heterocycles. The number of alkyl carbamates (subject to hydrolysis) is 2. The number of aliphatic hydroxyl groups is 2. The van der Waals surface area contributed by atoms with Crippen molar-refractivity contribution in [3.8, 4) is 0 Å². The summed E-state index contributed by atoms with van der Waals surface area (Å²) >= 11 is 0. The summed E-state index contributed by atoms with van der Waals surface area (Å²) < 4.78 is 102. The number of aliphatic hydroxyl groups excluding tert-OH is 2. The Balaban J connectivity index is 0.000000231. The second kappa shape index (κ2) is 35.1.